The summed E-state index contributed by atoms with van der Waals surface area (Å²) >= 11 is 0. The van der Waals surface area contributed by atoms with Gasteiger partial charge in [0.05, 0.1) is 12.7 Å². The van der Waals surface area contributed by atoms with Gasteiger partial charge in [-0.05, 0) is 24.6 Å². The highest BCUT2D eigenvalue weighted by Crippen LogP contribution is 2.19. The third-order valence-electron chi connectivity index (χ3n) is 2.59. The van der Waals surface area contributed by atoms with Gasteiger partial charge in [-0.15, -0.1) is 0 Å². The Kier molecular flexibility index (Phi) is 5.80. The number of ether oxygens (including phenoxy) is 1. The lowest BCUT2D eigenvalue weighted by Crippen LogP contribution is -2.25. The van der Waals surface area contributed by atoms with Gasteiger partial charge in [0.25, 0.3) is 0 Å². The SMILES string of the molecule is CCOc1ccc(CN(C)C(=O)CCC#N)cc1F. The highest BCUT2D eigenvalue weighted by Gasteiger charge is 2.10. The summed E-state index contributed by atoms with van der Waals surface area (Å²) in [6.45, 7) is 2.51. The van der Waals surface area contributed by atoms with Crippen LogP contribution >= 0.6 is 0 Å². The van der Waals surface area contributed by atoms with E-state index in [2.05, 4.69) is 0 Å². The minimum atomic E-state index is -0.433. The summed E-state index contributed by atoms with van der Waals surface area (Å²) in [4.78, 5) is 13.1. The van der Waals surface area contributed by atoms with Gasteiger partial charge in [-0.1, -0.05) is 6.07 Å². The van der Waals surface area contributed by atoms with Crippen molar-refractivity contribution in [2.45, 2.75) is 26.3 Å². The van der Waals surface area contributed by atoms with E-state index >= 15 is 0 Å². The molecule has 1 rings (SSSR count). The van der Waals surface area contributed by atoms with Crippen molar-refractivity contribution >= 4 is 5.91 Å². The summed E-state index contributed by atoms with van der Waals surface area (Å²) < 4.78 is 18.7. The summed E-state index contributed by atoms with van der Waals surface area (Å²) in [7, 11) is 1.63. The van der Waals surface area contributed by atoms with Gasteiger partial charge in [-0.3, -0.25) is 4.79 Å². The fourth-order valence-electron chi connectivity index (χ4n) is 1.63. The Morgan fingerprint density at radius 3 is 2.84 bits per heavy atom. The van der Waals surface area contributed by atoms with E-state index in [1.807, 2.05) is 6.07 Å². The molecule has 19 heavy (non-hydrogen) atoms. The van der Waals surface area contributed by atoms with Gasteiger partial charge in [-0.2, -0.15) is 5.26 Å². The number of hydrogen-bond donors (Lipinski definition) is 0. The quantitative estimate of drug-likeness (QED) is 0.793. The third kappa shape index (κ3) is 4.59. The normalized spacial score (nSPS) is 9.79. The van der Waals surface area contributed by atoms with Crippen molar-refractivity contribution in [2.24, 2.45) is 0 Å². The number of halogens is 1. The lowest BCUT2D eigenvalue weighted by atomic mass is 10.2. The van der Waals surface area contributed by atoms with Crippen LogP contribution in [-0.4, -0.2) is 24.5 Å². The number of hydrogen-bond acceptors (Lipinski definition) is 3. The summed E-state index contributed by atoms with van der Waals surface area (Å²) in [6.07, 6.45) is 0.382. The van der Waals surface area contributed by atoms with E-state index in [0.29, 0.717) is 18.7 Å². The second-order valence-corrected chi connectivity index (χ2v) is 4.11. The maximum atomic E-state index is 13.6. The Bertz CT molecular complexity index is 483. The first-order valence-electron chi connectivity index (χ1n) is 6.10. The smallest absolute Gasteiger partial charge is 0.223 e. The average molecular weight is 264 g/mol. The summed E-state index contributed by atoms with van der Waals surface area (Å²) in [6, 6.07) is 6.57. The molecule has 102 valence electrons. The molecule has 0 bridgehead atoms. The molecule has 0 aliphatic carbocycles. The Morgan fingerprint density at radius 1 is 1.53 bits per heavy atom. The molecular weight excluding hydrogens is 247 g/mol. The van der Waals surface area contributed by atoms with E-state index in [1.54, 1.807) is 26.1 Å². The number of amides is 1. The maximum absolute atomic E-state index is 13.6. The first-order valence-corrected chi connectivity index (χ1v) is 6.10. The zero-order valence-corrected chi connectivity index (χ0v) is 11.1. The Morgan fingerprint density at radius 2 is 2.26 bits per heavy atom. The molecule has 0 saturated carbocycles. The molecule has 0 aliphatic rings. The molecule has 1 aromatic rings. The van der Waals surface area contributed by atoms with Crippen molar-refractivity contribution in [2.75, 3.05) is 13.7 Å². The van der Waals surface area contributed by atoms with Crippen LogP contribution < -0.4 is 4.74 Å². The number of nitrogens with zero attached hydrogens (tertiary/aromatic N) is 2. The van der Waals surface area contributed by atoms with Crippen LogP contribution in [0, 0.1) is 17.1 Å². The van der Waals surface area contributed by atoms with Gasteiger partial charge in [0.2, 0.25) is 5.91 Å². The molecule has 5 heteroatoms. The number of benzene rings is 1. The maximum Gasteiger partial charge on any atom is 0.223 e. The minimum Gasteiger partial charge on any atom is -0.491 e. The van der Waals surface area contributed by atoms with Crippen molar-refractivity contribution in [3.05, 3.63) is 29.6 Å². The van der Waals surface area contributed by atoms with Crippen molar-refractivity contribution < 1.29 is 13.9 Å². The highest BCUT2D eigenvalue weighted by atomic mass is 19.1. The molecule has 1 amide bonds. The highest BCUT2D eigenvalue weighted by molar-refractivity contribution is 5.76. The van der Waals surface area contributed by atoms with Crippen molar-refractivity contribution in [1.82, 2.24) is 4.90 Å². The van der Waals surface area contributed by atoms with E-state index in [0.717, 1.165) is 0 Å². The topological polar surface area (TPSA) is 53.3 Å². The molecule has 0 radical (unpaired) electrons. The second-order valence-electron chi connectivity index (χ2n) is 4.11. The summed E-state index contributed by atoms with van der Waals surface area (Å²) in [5.41, 5.74) is 0.689. The number of carbonyl (C=O) groups is 1. The summed E-state index contributed by atoms with van der Waals surface area (Å²) in [5.74, 6) is -0.349. The van der Waals surface area contributed by atoms with E-state index in [4.69, 9.17) is 10.00 Å². The standard InChI is InChI=1S/C14H17FN2O2/c1-3-19-13-7-6-11(9-12(13)15)10-17(2)14(18)5-4-8-16/h6-7,9H,3-5,10H2,1-2H3. The average Bonchev–Trinajstić information content (AvgIpc) is 2.39. The minimum absolute atomic E-state index is 0.129. The van der Waals surface area contributed by atoms with Crippen molar-refractivity contribution in [3.8, 4) is 11.8 Å². The Balaban J connectivity index is 2.64. The van der Waals surface area contributed by atoms with Gasteiger partial charge in [-0.25, -0.2) is 4.39 Å². The monoisotopic (exact) mass is 264 g/mol. The molecule has 0 unspecified atom stereocenters. The molecule has 0 atom stereocenters. The van der Waals surface area contributed by atoms with Gasteiger partial charge in [0.1, 0.15) is 0 Å². The zero-order chi connectivity index (χ0) is 14.3. The van der Waals surface area contributed by atoms with Crippen LogP contribution in [0.15, 0.2) is 18.2 Å². The van der Waals surface area contributed by atoms with E-state index in [-0.39, 0.29) is 24.5 Å². The van der Waals surface area contributed by atoms with Crippen LogP contribution in [0.25, 0.3) is 0 Å². The van der Waals surface area contributed by atoms with Crippen LogP contribution in [0.2, 0.25) is 0 Å². The third-order valence-corrected chi connectivity index (χ3v) is 2.59. The lowest BCUT2D eigenvalue weighted by Gasteiger charge is -2.17. The van der Waals surface area contributed by atoms with Crippen LogP contribution in [0.3, 0.4) is 0 Å². The molecular formula is C14H17FN2O2. The molecule has 0 fully saturated rings. The molecule has 1 aromatic carbocycles. The molecule has 0 spiro atoms. The van der Waals surface area contributed by atoms with E-state index in [1.165, 1.54) is 11.0 Å². The zero-order valence-electron chi connectivity index (χ0n) is 11.1. The van der Waals surface area contributed by atoms with Crippen molar-refractivity contribution in [3.63, 3.8) is 0 Å². The Labute approximate surface area is 112 Å². The molecule has 0 aliphatic heterocycles. The molecule has 0 N–H and O–H groups in total. The number of nitriles is 1. The fourth-order valence-corrected chi connectivity index (χ4v) is 1.63. The van der Waals surface area contributed by atoms with Crippen LogP contribution in [0.4, 0.5) is 4.39 Å². The molecule has 4 nitrogen and oxygen atoms in total. The van der Waals surface area contributed by atoms with Gasteiger partial charge in [0.15, 0.2) is 11.6 Å². The Hall–Kier alpha value is -2.09. The molecule has 0 aromatic heterocycles. The first kappa shape index (κ1) is 15.0. The second kappa shape index (κ2) is 7.37. The predicted molar refractivity (Wildman–Crippen MR) is 68.9 cm³/mol. The van der Waals surface area contributed by atoms with Crippen LogP contribution in [0.5, 0.6) is 5.75 Å². The summed E-state index contributed by atoms with van der Waals surface area (Å²) in [5, 5.41) is 8.42. The molecule has 0 heterocycles. The van der Waals surface area contributed by atoms with Gasteiger partial charge in [0, 0.05) is 26.4 Å². The van der Waals surface area contributed by atoms with Gasteiger partial charge < -0.3 is 9.64 Å². The van der Waals surface area contributed by atoms with E-state index in [9.17, 15) is 9.18 Å². The van der Waals surface area contributed by atoms with Gasteiger partial charge >= 0.3 is 0 Å². The van der Waals surface area contributed by atoms with E-state index < -0.39 is 5.82 Å². The first-order chi connectivity index (χ1) is 9.08. The van der Waals surface area contributed by atoms with Crippen molar-refractivity contribution in [1.29, 1.82) is 5.26 Å². The largest absolute Gasteiger partial charge is 0.491 e. The number of rotatable bonds is 6. The lowest BCUT2D eigenvalue weighted by molar-refractivity contribution is -0.130. The predicted octanol–water partition coefficient (Wildman–Crippen LogP) is 2.49. The number of carbonyl (C=O) groups excluding carboxylic acids is 1. The van der Waals surface area contributed by atoms with Crippen LogP contribution in [0.1, 0.15) is 25.3 Å². The molecule has 0 saturated heterocycles. The van der Waals surface area contributed by atoms with Crippen LogP contribution in [-0.2, 0) is 11.3 Å². The fraction of sp³-hybridized carbons (Fsp3) is 0.429.